The number of fused-ring (bicyclic) bond motifs is 1. The molecule has 8 nitrogen and oxygen atoms in total. The van der Waals surface area contributed by atoms with Crippen molar-refractivity contribution in [1.82, 2.24) is 9.29 Å². The summed E-state index contributed by atoms with van der Waals surface area (Å²) in [5.74, 6) is 0.759. The Kier molecular flexibility index (Phi) is 7.33. The zero-order valence-corrected chi connectivity index (χ0v) is 20.2. The van der Waals surface area contributed by atoms with Crippen molar-refractivity contribution < 1.29 is 22.7 Å². The Morgan fingerprint density at radius 2 is 1.79 bits per heavy atom. The Morgan fingerprint density at radius 1 is 1.06 bits per heavy atom. The van der Waals surface area contributed by atoms with Crippen LogP contribution in [0, 0.1) is 5.92 Å². The second kappa shape index (κ2) is 10.4. The van der Waals surface area contributed by atoms with E-state index < -0.39 is 10.0 Å². The fourth-order valence-electron chi connectivity index (χ4n) is 4.16. The molecule has 2 heterocycles. The van der Waals surface area contributed by atoms with Crippen LogP contribution in [-0.2, 0) is 14.8 Å². The smallest absolute Gasteiger partial charge is 0.245 e. The van der Waals surface area contributed by atoms with Crippen LogP contribution in [0.15, 0.2) is 59.6 Å². The molecule has 1 amide bonds. The zero-order valence-electron chi connectivity index (χ0n) is 19.4. The first-order valence-corrected chi connectivity index (χ1v) is 12.9. The molecule has 1 aliphatic heterocycles. The van der Waals surface area contributed by atoms with Crippen LogP contribution >= 0.6 is 0 Å². The molecule has 1 aliphatic rings. The number of benzene rings is 2. The second-order valence-electron chi connectivity index (χ2n) is 8.02. The molecule has 2 aromatic carbocycles. The number of sulfonamides is 1. The van der Waals surface area contributed by atoms with Crippen molar-refractivity contribution >= 4 is 32.5 Å². The summed E-state index contributed by atoms with van der Waals surface area (Å²) in [6.45, 7) is 5.28. The van der Waals surface area contributed by atoms with E-state index in [0.29, 0.717) is 48.8 Å². The molecule has 0 radical (unpaired) electrons. The molecule has 3 aromatic rings. The maximum absolute atomic E-state index is 13.3. The van der Waals surface area contributed by atoms with Crippen LogP contribution in [0.5, 0.6) is 11.5 Å². The van der Waals surface area contributed by atoms with Gasteiger partial charge in [-0.25, -0.2) is 8.42 Å². The van der Waals surface area contributed by atoms with Gasteiger partial charge in [-0.2, -0.15) is 4.31 Å². The summed E-state index contributed by atoms with van der Waals surface area (Å²) in [7, 11) is -3.72. The van der Waals surface area contributed by atoms with Crippen molar-refractivity contribution in [3.05, 3.63) is 54.7 Å². The van der Waals surface area contributed by atoms with Gasteiger partial charge in [0.15, 0.2) is 0 Å². The fraction of sp³-hybridized carbons (Fsp3) is 0.360. The van der Waals surface area contributed by atoms with Crippen molar-refractivity contribution in [3.63, 3.8) is 0 Å². The van der Waals surface area contributed by atoms with Gasteiger partial charge in [0.05, 0.1) is 24.4 Å². The molecule has 180 valence electrons. The number of hydrogen-bond acceptors (Lipinski definition) is 6. The number of piperidine rings is 1. The Morgan fingerprint density at radius 3 is 2.53 bits per heavy atom. The third-order valence-electron chi connectivity index (χ3n) is 5.86. The Labute approximate surface area is 199 Å². The van der Waals surface area contributed by atoms with Crippen molar-refractivity contribution in [2.75, 3.05) is 31.6 Å². The van der Waals surface area contributed by atoms with E-state index in [1.165, 1.54) is 4.31 Å². The van der Waals surface area contributed by atoms with Gasteiger partial charge in [0.25, 0.3) is 0 Å². The molecule has 0 aliphatic carbocycles. The summed E-state index contributed by atoms with van der Waals surface area (Å²) in [6.07, 6.45) is 2.45. The predicted octanol–water partition coefficient (Wildman–Crippen LogP) is 4.07. The average Bonchev–Trinajstić information content (AvgIpc) is 2.85. The molecule has 1 saturated heterocycles. The number of ether oxygens (including phenoxy) is 2. The number of para-hydroxylation sites is 1. The highest BCUT2D eigenvalue weighted by atomic mass is 32.2. The van der Waals surface area contributed by atoms with Gasteiger partial charge in [-0.3, -0.25) is 9.78 Å². The van der Waals surface area contributed by atoms with Crippen molar-refractivity contribution in [2.24, 2.45) is 5.92 Å². The van der Waals surface area contributed by atoms with Gasteiger partial charge in [0, 0.05) is 36.7 Å². The number of carbonyl (C=O) groups excluding carboxylic acids is 1. The number of pyridine rings is 1. The molecular weight excluding hydrogens is 454 g/mol. The summed E-state index contributed by atoms with van der Waals surface area (Å²) in [5, 5.41) is 3.73. The third kappa shape index (κ3) is 5.00. The van der Waals surface area contributed by atoms with E-state index in [4.69, 9.17) is 9.47 Å². The van der Waals surface area contributed by atoms with Gasteiger partial charge in [-0.1, -0.05) is 18.2 Å². The van der Waals surface area contributed by atoms with Crippen LogP contribution in [0.1, 0.15) is 26.7 Å². The average molecular weight is 484 g/mol. The van der Waals surface area contributed by atoms with E-state index in [9.17, 15) is 13.2 Å². The lowest BCUT2D eigenvalue weighted by Crippen LogP contribution is -2.41. The summed E-state index contributed by atoms with van der Waals surface area (Å²) in [4.78, 5) is 17.5. The van der Waals surface area contributed by atoms with Gasteiger partial charge >= 0.3 is 0 Å². The quantitative estimate of drug-likeness (QED) is 0.519. The molecule has 4 rings (SSSR count). The number of anilines is 1. The minimum atomic E-state index is -3.72. The lowest BCUT2D eigenvalue weighted by atomic mass is 9.97. The number of nitrogens with zero attached hydrogens (tertiary/aromatic N) is 2. The largest absolute Gasteiger partial charge is 0.494 e. The summed E-state index contributed by atoms with van der Waals surface area (Å²) in [6, 6.07) is 14.1. The highest BCUT2D eigenvalue weighted by molar-refractivity contribution is 7.89. The van der Waals surface area contributed by atoms with Crippen molar-refractivity contribution in [3.8, 4) is 11.5 Å². The number of nitrogens with one attached hydrogen (secondary N) is 1. The molecule has 1 fully saturated rings. The van der Waals surface area contributed by atoms with Gasteiger partial charge in [0.1, 0.15) is 16.4 Å². The maximum atomic E-state index is 13.3. The molecule has 0 bridgehead atoms. The predicted molar refractivity (Wildman–Crippen MR) is 131 cm³/mol. The zero-order chi connectivity index (χ0) is 24.1. The first kappa shape index (κ1) is 24.0. The van der Waals surface area contributed by atoms with Gasteiger partial charge in [-0.15, -0.1) is 0 Å². The normalized spacial score (nSPS) is 15.2. The van der Waals surface area contributed by atoms with Crippen molar-refractivity contribution in [2.45, 2.75) is 31.6 Å². The Balaban J connectivity index is 1.46. The highest BCUT2D eigenvalue weighted by Gasteiger charge is 2.33. The van der Waals surface area contributed by atoms with Crippen LogP contribution in [0.2, 0.25) is 0 Å². The van der Waals surface area contributed by atoms with E-state index in [-0.39, 0.29) is 29.8 Å². The molecular formula is C25H29N3O5S. The molecule has 1 aromatic heterocycles. The minimum absolute atomic E-state index is 0.154. The lowest BCUT2D eigenvalue weighted by Gasteiger charge is -2.30. The second-order valence-corrected chi connectivity index (χ2v) is 9.93. The molecule has 0 saturated carbocycles. The van der Waals surface area contributed by atoms with Crippen molar-refractivity contribution in [1.29, 1.82) is 0 Å². The van der Waals surface area contributed by atoms with Crippen LogP contribution < -0.4 is 14.8 Å². The van der Waals surface area contributed by atoms with Crippen LogP contribution in [-0.4, -0.2) is 49.9 Å². The fourth-order valence-corrected chi connectivity index (χ4v) is 5.80. The summed E-state index contributed by atoms with van der Waals surface area (Å²) >= 11 is 0. The molecule has 9 heteroatoms. The first-order chi connectivity index (χ1) is 16.4. The molecule has 0 atom stereocenters. The van der Waals surface area contributed by atoms with Crippen LogP contribution in [0.3, 0.4) is 0 Å². The number of hydrogen-bond donors (Lipinski definition) is 1. The number of aromatic nitrogens is 1. The summed E-state index contributed by atoms with van der Waals surface area (Å²) < 4.78 is 39.3. The van der Waals surface area contributed by atoms with E-state index in [1.54, 1.807) is 42.6 Å². The maximum Gasteiger partial charge on any atom is 0.245 e. The Bertz CT molecular complexity index is 1270. The lowest BCUT2D eigenvalue weighted by molar-refractivity contribution is -0.120. The van der Waals surface area contributed by atoms with Gasteiger partial charge in [-0.05, 0) is 51.0 Å². The van der Waals surface area contributed by atoms with Crippen LogP contribution in [0.4, 0.5) is 5.69 Å². The molecule has 0 unspecified atom stereocenters. The molecule has 34 heavy (non-hydrogen) atoms. The Hall–Kier alpha value is -3.17. The third-order valence-corrected chi connectivity index (χ3v) is 7.79. The number of rotatable bonds is 8. The SMILES string of the molecule is CCOc1ccc(OCC)c(NC(=O)C2CCN(S(=O)(=O)c3cccc4cccnc34)CC2)c1. The summed E-state index contributed by atoms with van der Waals surface area (Å²) in [5.41, 5.74) is 1.01. The van der Waals surface area contributed by atoms with E-state index in [2.05, 4.69) is 10.3 Å². The monoisotopic (exact) mass is 483 g/mol. The molecule has 0 spiro atoms. The first-order valence-electron chi connectivity index (χ1n) is 11.5. The topological polar surface area (TPSA) is 97.8 Å². The van der Waals surface area contributed by atoms with Crippen LogP contribution in [0.25, 0.3) is 10.9 Å². The molecule has 1 N–H and O–H groups in total. The minimum Gasteiger partial charge on any atom is -0.494 e. The number of carbonyl (C=O) groups is 1. The number of amides is 1. The highest BCUT2D eigenvalue weighted by Crippen LogP contribution is 2.32. The van der Waals surface area contributed by atoms with E-state index in [0.717, 1.165) is 5.39 Å². The van der Waals surface area contributed by atoms with Gasteiger partial charge in [0.2, 0.25) is 15.9 Å². The van der Waals surface area contributed by atoms with Gasteiger partial charge < -0.3 is 14.8 Å². The standard InChI is InChI=1S/C25H29N3O5S/c1-3-32-20-10-11-22(33-4-2)21(17-20)27-25(29)19-12-15-28(16-13-19)34(30,31)23-9-5-7-18-8-6-14-26-24(18)23/h5-11,14,17,19H,3-4,12-13,15-16H2,1-2H3,(H,27,29). The van der Waals surface area contributed by atoms with E-state index >= 15 is 0 Å². The van der Waals surface area contributed by atoms with E-state index in [1.807, 2.05) is 26.0 Å².